The Kier molecular flexibility index (Phi) is 3.65. The number of hydrogen-bond acceptors (Lipinski definition) is 3. The zero-order valence-electron chi connectivity index (χ0n) is 11.7. The molecule has 0 spiro atoms. The molecule has 4 nitrogen and oxygen atoms in total. The van der Waals surface area contributed by atoms with Gasteiger partial charge in [-0.1, -0.05) is 32.4 Å². The van der Waals surface area contributed by atoms with Crippen LogP contribution in [0.15, 0.2) is 18.3 Å². The molecule has 0 saturated carbocycles. The van der Waals surface area contributed by atoms with Crippen molar-refractivity contribution in [3.05, 3.63) is 40.3 Å². The third-order valence-corrected chi connectivity index (χ3v) is 3.32. The molecule has 0 bridgehead atoms. The topological polar surface area (TPSA) is 56.7 Å². The summed E-state index contributed by atoms with van der Waals surface area (Å²) in [5.74, 6) is 0.753. The van der Waals surface area contributed by atoms with Gasteiger partial charge in [-0.15, -0.1) is 0 Å². The van der Waals surface area contributed by atoms with Crippen LogP contribution in [0.25, 0.3) is 5.82 Å². The molecule has 2 aromatic heterocycles. The number of nitrogens with two attached hydrogens (primary N) is 1. The van der Waals surface area contributed by atoms with Crippen LogP contribution in [0.3, 0.4) is 0 Å². The summed E-state index contributed by atoms with van der Waals surface area (Å²) in [5, 5.41) is 5.00. The summed E-state index contributed by atoms with van der Waals surface area (Å²) < 4.78 is 1.70. The van der Waals surface area contributed by atoms with E-state index in [9.17, 15) is 0 Å². The summed E-state index contributed by atoms with van der Waals surface area (Å²) in [6.07, 6.45) is 1.77. The number of halogens is 1. The maximum Gasteiger partial charge on any atom is 0.153 e. The normalized spacial score (nSPS) is 11.9. The predicted molar refractivity (Wildman–Crippen MR) is 77.7 cm³/mol. The Hall–Kier alpha value is -1.39. The fourth-order valence-electron chi connectivity index (χ4n) is 1.75. The summed E-state index contributed by atoms with van der Waals surface area (Å²) in [6.45, 7) is 8.73. The second-order valence-electron chi connectivity index (χ2n) is 5.68. The van der Waals surface area contributed by atoms with Gasteiger partial charge in [0.1, 0.15) is 0 Å². The molecule has 0 aromatic carbocycles. The number of aromatic nitrogens is 3. The van der Waals surface area contributed by atoms with Crippen LogP contribution in [0, 0.1) is 6.92 Å². The van der Waals surface area contributed by atoms with Gasteiger partial charge in [0.15, 0.2) is 5.82 Å². The Morgan fingerprint density at radius 1 is 1.32 bits per heavy atom. The van der Waals surface area contributed by atoms with Crippen LogP contribution in [0.2, 0.25) is 5.02 Å². The van der Waals surface area contributed by atoms with E-state index in [0.29, 0.717) is 11.6 Å². The highest BCUT2D eigenvalue weighted by molar-refractivity contribution is 6.31. The highest BCUT2D eigenvalue weighted by atomic mass is 35.5. The van der Waals surface area contributed by atoms with Gasteiger partial charge in [-0.3, -0.25) is 0 Å². The van der Waals surface area contributed by atoms with Crippen molar-refractivity contribution >= 4 is 11.6 Å². The second-order valence-corrected chi connectivity index (χ2v) is 6.09. The van der Waals surface area contributed by atoms with Crippen molar-refractivity contribution in [2.75, 3.05) is 0 Å². The van der Waals surface area contributed by atoms with Gasteiger partial charge in [-0.2, -0.15) is 5.10 Å². The van der Waals surface area contributed by atoms with Crippen molar-refractivity contribution in [1.29, 1.82) is 0 Å². The summed E-state index contributed by atoms with van der Waals surface area (Å²) >= 11 is 6.05. The molecule has 5 heteroatoms. The average Bonchev–Trinajstić information content (AvgIpc) is 2.68. The van der Waals surface area contributed by atoms with E-state index in [1.54, 1.807) is 10.9 Å². The van der Waals surface area contributed by atoms with Gasteiger partial charge in [0, 0.05) is 17.7 Å². The van der Waals surface area contributed by atoms with Crippen molar-refractivity contribution < 1.29 is 0 Å². The van der Waals surface area contributed by atoms with Crippen LogP contribution in [0.5, 0.6) is 0 Å². The van der Waals surface area contributed by atoms with Gasteiger partial charge in [0.2, 0.25) is 0 Å². The van der Waals surface area contributed by atoms with Crippen LogP contribution >= 0.6 is 11.6 Å². The number of pyridine rings is 1. The summed E-state index contributed by atoms with van der Waals surface area (Å²) in [4.78, 5) is 4.66. The minimum absolute atomic E-state index is 0.0358. The molecule has 0 aliphatic carbocycles. The molecular weight excluding hydrogens is 260 g/mol. The fourth-order valence-corrected chi connectivity index (χ4v) is 1.88. The molecule has 0 unspecified atom stereocenters. The monoisotopic (exact) mass is 278 g/mol. The first kappa shape index (κ1) is 14.0. The molecule has 0 atom stereocenters. The summed E-state index contributed by atoms with van der Waals surface area (Å²) in [6, 6.07) is 3.99. The van der Waals surface area contributed by atoms with Gasteiger partial charge < -0.3 is 5.73 Å². The Morgan fingerprint density at radius 3 is 2.47 bits per heavy atom. The second kappa shape index (κ2) is 4.94. The number of hydrogen-bond donors (Lipinski definition) is 1. The van der Waals surface area contributed by atoms with E-state index in [1.807, 2.05) is 19.1 Å². The lowest BCUT2D eigenvalue weighted by molar-refractivity contribution is 0.564. The van der Waals surface area contributed by atoms with E-state index in [1.165, 1.54) is 0 Å². The number of nitrogens with zero attached hydrogens (tertiary/aromatic N) is 3. The standard InChI is InChI=1S/C14H19ClN4/c1-9-11(15)8-19(18-9)13-6-10(7-16)5-12(17-13)14(2,3)4/h5-6,8H,7,16H2,1-4H3. The van der Waals surface area contributed by atoms with Gasteiger partial charge in [-0.25, -0.2) is 9.67 Å². The fraction of sp³-hybridized carbons (Fsp3) is 0.429. The minimum atomic E-state index is -0.0358. The Morgan fingerprint density at radius 2 is 2.00 bits per heavy atom. The number of aryl methyl sites for hydroxylation is 1. The highest BCUT2D eigenvalue weighted by Crippen LogP contribution is 2.23. The molecule has 2 aromatic rings. The van der Waals surface area contributed by atoms with Crippen LogP contribution < -0.4 is 5.73 Å². The van der Waals surface area contributed by atoms with E-state index in [0.717, 1.165) is 22.8 Å². The van der Waals surface area contributed by atoms with E-state index in [4.69, 9.17) is 17.3 Å². The van der Waals surface area contributed by atoms with Crippen molar-refractivity contribution in [2.24, 2.45) is 5.73 Å². The molecule has 0 radical (unpaired) electrons. The molecule has 0 fully saturated rings. The van der Waals surface area contributed by atoms with Crippen LogP contribution in [0.1, 0.15) is 37.7 Å². The SMILES string of the molecule is Cc1nn(-c2cc(CN)cc(C(C)(C)C)n2)cc1Cl. The van der Waals surface area contributed by atoms with Crippen LogP contribution in [-0.2, 0) is 12.0 Å². The summed E-state index contributed by atoms with van der Waals surface area (Å²) in [7, 11) is 0. The number of rotatable bonds is 2. The Bertz CT molecular complexity index is 576. The zero-order valence-corrected chi connectivity index (χ0v) is 12.5. The van der Waals surface area contributed by atoms with Gasteiger partial charge >= 0.3 is 0 Å². The molecule has 2 heterocycles. The maximum atomic E-state index is 6.05. The molecule has 0 aliphatic heterocycles. The third-order valence-electron chi connectivity index (χ3n) is 2.95. The van der Waals surface area contributed by atoms with E-state index in [-0.39, 0.29) is 5.41 Å². The molecule has 0 amide bonds. The zero-order chi connectivity index (χ0) is 14.2. The molecule has 0 saturated heterocycles. The largest absolute Gasteiger partial charge is 0.326 e. The quantitative estimate of drug-likeness (QED) is 0.919. The molecule has 0 aliphatic rings. The minimum Gasteiger partial charge on any atom is -0.326 e. The predicted octanol–water partition coefficient (Wildman–Crippen LogP) is 2.99. The first-order valence-corrected chi connectivity index (χ1v) is 6.62. The maximum absolute atomic E-state index is 6.05. The molecule has 19 heavy (non-hydrogen) atoms. The van der Waals surface area contributed by atoms with E-state index >= 15 is 0 Å². The summed E-state index contributed by atoms with van der Waals surface area (Å²) in [5.41, 5.74) is 8.55. The van der Waals surface area contributed by atoms with Crippen LogP contribution in [0.4, 0.5) is 0 Å². The Labute approximate surface area is 118 Å². The van der Waals surface area contributed by atoms with Gasteiger partial charge in [0.05, 0.1) is 16.9 Å². The van der Waals surface area contributed by atoms with Crippen molar-refractivity contribution in [1.82, 2.24) is 14.8 Å². The average molecular weight is 279 g/mol. The van der Waals surface area contributed by atoms with E-state index in [2.05, 4.69) is 30.9 Å². The van der Waals surface area contributed by atoms with Crippen LogP contribution in [-0.4, -0.2) is 14.8 Å². The molecule has 2 rings (SSSR count). The first-order valence-electron chi connectivity index (χ1n) is 6.25. The Balaban J connectivity index is 2.57. The lowest BCUT2D eigenvalue weighted by Gasteiger charge is -2.19. The van der Waals surface area contributed by atoms with Crippen molar-refractivity contribution in [2.45, 2.75) is 39.7 Å². The van der Waals surface area contributed by atoms with Gasteiger partial charge in [0.25, 0.3) is 0 Å². The van der Waals surface area contributed by atoms with E-state index < -0.39 is 0 Å². The first-order chi connectivity index (χ1) is 8.81. The highest BCUT2D eigenvalue weighted by Gasteiger charge is 2.18. The van der Waals surface area contributed by atoms with Crippen molar-refractivity contribution in [3.8, 4) is 5.82 Å². The lowest BCUT2D eigenvalue weighted by atomic mass is 9.91. The molecule has 102 valence electrons. The smallest absolute Gasteiger partial charge is 0.153 e. The molecule has 2 N–H and O–H groups in total. The lowest BCUT2D eigenvalue weighted by Crippen LogP contribution is -2.16. The third kappa shape index (κ3) is 2.96. The molecular formula is C14H19ClN4. The van der Waals surface area contributed by atoms with Crippen molar-refractivity contribution in [3.63, 3.8) is 0 Å². The van der Waals surface area contributed by atoms with Gasteiger partial charge in [-0.05, 0) is 24.6 Å².